The van der Waals surface area contributed by atoms with Crippen LogP contribution in [-0.4, -0.2) is 36.0 Å². The van der Waals surface area contributed by atoms with E-state index in [9.17, 15) is 14.9 Å². The number of esters is 1. The second-order valence-corrected chi connectivity index (χ2v) is 13.7. The first-order valence-corrected chi connectivity index (χ1v) is 14.1. The molecule has 1 atom stereocenters. The van der Waals surface area contributed by atoms with Crippen LogP contribution >= 0.6 is 7.26 Å². The number of carbonyl (C=O) groups excluding carboxylic acids is 2. The Bertz CT molecular complexity index is 984. The van der Waals surface area contributed by atoms with Crippen LogP contribution in [0.2, 0.25) is 0 Å². The Kier molecular flexibility index (Phi) is 8.04. The number of hydrogen-bond donors (Lipinski definition) is 1. The molecular weight excluding hydrogens is 419 g/mol. The minimum atomic E-state index is -2.17. The first-order chi connectivity index (χ1) is 15.4. The van der Waals surface area contributed by atoms with E-state index in [1.54, 1.807) is 12.1 Å². The van der Waals surface area contributed by atoms with Gasteiger partial charge in [0.15, 0.2) is 0 Å². The van der Waals surface area contributed by atoms with E-state index in [4.69, 9.17) is 4.74 Å². The first kappa shape index (κ1) is 24.0. The molecule has 1 fully saturated rings. The molecule has 0 spiro atoms. The first-order valence-electron chi connectivity index (χ1n) is 11.4. The number of hydrogen-bond acceptors (Lipinski definition) is 4. The van der Waals surface area contributed by atoms with Gasteiger partial charge in [0, 0.05) is 0 Å². The molecule has 1 saturated heterocycles. The third-order valence-corrected chi connectivity index (χ3v) is 12.6. The molecule has 0 bridgehead atoms. The molecule has 1 aliphatic heterocycles. The molecule has 3 rings (SSSR count). The fourth-order valence-electron chi connectivity index (χ4n) is 5.14. The Hall–Kier alpha value is -2.70. The zero-order valence-corrected chi connectivity index (χ0v) is 20.2. The van der Waals surface area contributed by atoms with Crippen molar-refractivity contribution in [3.8, 4) is 6.07 Å². The Morgan fingerprint density at radius 1 is 1.12 bits per heavy atom. The number of rotatable bonds is 8. The predicted octanol–water partition coefficient (Wildman–Crippen LogP) is 5.18. The number of anilines is 1. The summed E-state index contributed by atoms with van der Waals surface area (Å²) in [6.45, 7) is 6.14. The third-order valence-electron chi connectivity index (χ3n) is 6.71. The van der Waals surface area contributed by atoms with Gasteiger partial charge >= 0.3 is 191 Å². The van der Waals surface area contributed by atoms with Crippen LogP contribution in [0, 0.1) is 25.2 Å². The van der Waals surface area contributed by atoms with Crippen LogP contribution in [0.25, 0.3) is 0 Å². The molecule has 2 aromatic rings. The van der Waals surface area contributed by atoms with Crippen LogP contribution in [0.4, 0.5) is 5.69 Å². The summed E-state index contributed by atoms with van der Waals surface area (Å²) in [5, 5.41) is 12.3. The van der Waals surface area contributed by atoms with Gasteiger partial charge in [0.2, 0.25) is 0 Å². The Morgan fingerprint density at radius 3 is 2.31 bits per heavy atom. The summed E-state index contributed by atoms with van der Waals surface area (Å²) in [7, 11) is -2.17. The molecule has 0 radical (unpaired) electrons. The molecule has 0 aliphatic carbocycles. The van der Waals surface area contributed by atoms with E-state index in [1.165, 1.54) is 0 Å². The number of nitriles is 1. The van der Waals surface area contributed by atoms with Crippen molar-refractivity contribution in [3.05, 3.63) is 64.7 Å². The second-order valence-electron chi connectivity index (χ2n) is 8.94. The fourth-order valence-corrected chi connectivity index (χ4v) is 10.8. The molecule has 5 nitrogen and oxygen atoms in total. The van der Waals surface area contributed by atoms with E-state index < -0.39 is 7.26 Å². The normalized spacial score (nSPS) is 16.6. The van der Waals surface area contributed by atoms with Gasteiger partial charge in [-0.05, 0) is 0 Å². The Balaban J connectivity index is 1.74. The summed E-state index contributed by atoms with van der Waals surface area (Å²) in [5.41, 5.74) is 3.97. The van der Waals surface area contributed by atoms with Gasteiger partial charge in [-0.3, -0.25) is 0 Å². The number of nitrogens with one attached hydrogen (secondary N) is 1. The topological polar surface area (TPSA) is 79.2 Å². The molecule has 2 aromatic carbocycles. The van der Waals surface area contributed by atoms with Gasteiger partial charge in [0.25, 0.3) is 0 Å². The second kappa shape index (κ2) is 10.7. The van der Waals surface area contributed by atoms with Gasteiger partial charge in [-0.2, -0.15) is 0 Å². The van der Waals surface area contributed by atoms with Crippen LogP contribution in [-0.2, 0) is 20.9 Å². The number of benzene rings is 2. The minimum absolute atomic E-state index is 0.00725. The van der Waals surface area contributed by atoms with Crippen molar-refractivity contribution < 1.29 is 14.3 Å². The molecule has 0 aromatic heterocycles. The summed E-state index contributed by atoms with van der Waals surface area (Å²) in [4.78, 5) is 26.3. The summed E-state index contributed by atoms with van der Waals surface area (Å²) in [6.07, 6.45) is 5.26. The van der Waals surface area contributed by atoms with Gasteiger partial charge in [0.05, 0.1) is 0 Å². The SMILES string of the molecule is CCC(C(=O)Nc1c(C)cc(C#N)cc1C)[PH]1(CC(=O)OCc2ccccc2)CCCC1. The van der Waals surface area contributed by atoms with Crippen molar-refractivity contribution in [1.29, 1.82) is 5.26 Å². The Labute approximate surface area is 191 Å². The van der Waals surface area contributed by atoms with Crippen molar-refractivity contribution in [2.24, 2.45) is 0 Å². The molecule has 1 amide bonds. The van der Waals surface area contributed by atoms with E-state index in [0.29, 0.717) is 11.7 Å². The molecule has 6 heteroatoms. The Morgan fingerprint density at radius 2 is 1.75 bits per heavy atom. The maximum absolute atomic E-state index is 13.5. The van der Waals surface area contributed by atoms with Crippen molar-refractivity contribution in [1.82, 2.24) is 0 Å². The number of aryl methyl sites for hydroxylation is 2. The zero-order valence-electron chi connectivity index (χ0n) is 19.2. The van der Waals surface area contributed by atoms with E-state index in [0.717, 1.165) is 54.0 Å². The van der Waals surface area contributed by atoms with E-state index in [-0.39, 0.29) is 24.1 Å². The van der Waals surface area contributed by atoms with Crippen LogP contribution in [0.5, 0.6) is 0 Å². The summed E-state index contributed by atoms with van der Waals surface area (Å²) in [5.74, 6) is -0.174. The van der Waals surface area contributed by atoms with Crippen molar-refractivity contribution in [2.75, 3.05) is 23.8 Å². The van der Waals surface area contributed by atoms with E-state index in [2.05, 4.69) is 11.4 Å². The summed E-state index contributed by atoms with van der Waals surface area (Å²) >= 11 is 0. The third kappa shape index (κ3) is 5.56. The number of carbonyl (C=O) groups is 2. The van der Waals surface area contributed by atoms with Crippen molar-refractivity contribution >= 4 is 24.8 Å². The monoisotopic (exact) mass is 452 g/mol. The molecule has 0 saturated carbocycles. The van der Waals surface area contributed by atoms with Gasteiger partial charge in [-0.15, -0.1) is 0 Å². The van der Waals surface area contributed by atoms with E-state index >= 15 is 0 Å². The number of nitrogens with zero attached hydrogens (tertiary/aromatic N) is 1. The van der Waals surface area contributed by atoms with Crippen molar-refractivity contribution in [2.45, 2.75) is 52.3 Å². The molecule has 1 heterocycles. The standard InChI is InChI=1S/C26H33N2O3P/c1-4-23(26(30)28-25-19(2)14-22(16-27)15-20(25)3)32(12-8-9-13-32)18-24(29)31-17-21-10-6-5-7-11-21/h5-7,10-11,14-15,23,32H,4,8-9,12-13,17-18H2,1-3H3,(H,28,30). The average Bonchev–Trinajstić information content (AvgIpc) is 3.24. The van der Waals surface area contributed by atoms with Crippen LogP contribution in [0.3, 0.4) is 0 Å². The van der Waals surface area contributed by atoms with Crippen LogP contribution < -0.4 is 5.32 Å². The fraction of sp³-hybridized carbons (Fsp3) is 0.423. The van der Waals surface area contributed by atoms with Gasteiger partial charge in [0.1, 0.15) is 0 Å². The van der Waals surface area contributed by atoms with Gasteiger partial charge in [-0.25, -0.2) is 0 Å². The molecule has 1 N–H and O–H groups in total. The molecule has 32 heavy (non-hydrogen) atoms. The van der Waals surface area contributed by atoms with Gasteiger partial charge < -0.3 is 0 Å². The van der Waals surface area contributed by atoms with Crippen molar-refractivity contribution in [3.63, 3.8) is 0 Å². The molecule has 1 unspecified atom stereocenters. The average molecular weight is 453 g/mol. The number of amides is 1. The van der Waals surface area contributed by atoms with Crippen LogP contribution in [0.15, 0.2) is 42.5 Å². The summed E-state index contributed by atoms with van der Waals surface area (Å²) < 4.78 is 5.60. The quantitative estimate of drug-likeness (QED) is 0.442. The zero-order chi connectivity index (χ0) is 23.1. The molecule has 1 aliphatic rings. The predicted molar refractivity (Wildman–Crippen MR) is 132 cm³/mol. The molecule has 170 valence electrons. The molecular formula is C26H33N2O3P. The summed E-state index contributed by atoms with van der Waals surface area (Å²) in [6, 6.07) is 15.5. The van der Waals surface area contributed by atoms with Gasteiger partial charge in [-0.1, -0.05) is 0 Å². The number of ether oxygens (including phenoxy) is 1. The van der Waals surface area contributed by atoms with Crippen LogP contribution in [0.1, 0.15) is 48.4 Å². The van der Waals surface area contributed by atoms with E-state index in [1.807, 2.05) is 51.1 Å². The maximum atomic E-state index is 13.5.